The van der Waals surface area contributed by atoms with Crippen LogP contribution in [0.2, 0.25) is 0 Å². The molecular weight excluding hydrogens is 435 g/mol. The fourth-order valence-corrected chi connectivity index (χ4v) is 4.33. The number of hydrogen-bond acceptors (Lipinski definition) is 3. The molecule has 0 atom stereocenters. The molecule has 1 fully saturated rings. The van der Waals surface area contributed by atoms with Gasteiger partial charge in [-0.15, -0.1) is 0 Å². The first kappa shape index (κ1) is 12.8. The van der Waals surface area contributed by atoms with Gasteiger partial charge in [-0.1, -0.05) is 24.3 Å². The Morgan fingerprint density at radius 3 is 2.90 bits per heavy atom. The van der Waals surface area contributed by atoms with Crippen LogP contribution >= 0.6 is 38.8 Å². The van der Waals surface area contributed by atoms with E-state index in [2.05, 4.69) is 70.4 Å². The highest BCUT2D eigenvalue weighted by Crippen LogP contribution is 2.52. The summed E-state index contributed by atoms with van der Waals surface area (Å²) in [7, 11) is 0. The molecule has 2 aromatic rings. The lowest BCUT2D eigenvalue weighted by Crippen LogP contribution is -2.24. The summed E-state index contributed by atoms with van der Waals surface area (Å²) in [5.74, 6) is 1.08. The Bertz CT molecular complexity index is 722. The number of carbonyl (C=O) groups excluding carboxylic acids is 1. The number of nitrogens with zero attached hydrogens (tertiary/aromatic N) is 2. The Labute approximate surface area is 138 Å². The van der Waals surface area contributed by atoms with Crippen molar-refractivity contribution in [1.29, 1.82) is 0 Å². The molecule has 0 amide bonds. The number of halogens is 2. The zero-order chi connectivity index (χ0) is 13.9. The predicted octanol–water partition coefficient (Wildman–Crippen LogP) is 4.05. The Kier molecular flexibility index (Phi) is 2.92. The molecule has 1 aromatic heterocycles. The Balaban J connectivity index is 1.99. The van der Waals surface area contributed by atoms with Crippen molar-refractivity contribution in [2.45, 2.75) is 24.8 Å². The van der Waals surface area contributed by atoms with Crippen molar-refractivity contribution in [1.82, 2.24) is 9.55 Å². The van der Waals surface area contributed by atoms with Gasteiger partial charge < -0.3 is 8.40 Å². The van der Waals surface area contributed by atoms with Crippen molar-refractivity contribution in [3.63, 3.8) is 0 Å². The van der Waals surface area contributed by atoms with Crippen molar-refractivity contribution >= 4 is 44.8 Å². The van der Waals surface area contributed by atoms with E-state index in [0.717, 1.165) is 27.9 Å². The number of carbonyl (C=O) groups is 1. The average Bonchev–Trinajstić information content (AvgIpc) is 2.62. The lowest BCUT2D eigenvalue weighted by molar-refractivity contribution is 0.0775. The maximum atomic E-state index is 11.8. The predicted molar refractivity (Wildman–Crippen MR) is 85.7 cm³/mol. The quantitative estimate of drug-likeness (QED) is 0.623. The molecule has 5 rings (SSSR count). The molecule has 1 saturated carbocycles. The zero-order valence-electron chi connectivity index (χ0n) is 10.3. The van der Waals surface area contributed by atoms with Crippen LogP contribution in [0.15, 0.2) is 24.3 Å². The summed E-state index contributed by atoms with van der Waals surface area (Å²) >= 11 is 4.94. The maximum absolute atomic E-state index is 11.8. The van der Waals surface area contributed by atoms with Crippen molar-refractivity contribution in [2.24, 2.45) is 0 Å². The third-order valence-electron chi connectivity index (χ3n) is 4.24. The van der Waals surface area contributed by atoms with Crippen molar-refractivity contribution in [3.05, 3.63) is 39.2 Å². The van der Waals surface area contributed by atoms with E-state index in [1.54, 1.807) is 0 Å². The first-order chi connectivity index (χ1) is 9.70. The fraction of sp³-hybridized carbons (Fsp3) is 0.286. The SMILES string of the molecule is O=C(OBr)c1nc2n(c1I)C1CC(C1)c1ccccc1-2. The maximum Gasteiger partial charge on any atom is 0.371 e. The van der Waals surface area contributed by atoms with Gasteiger partial charge in [-0.3, -0.25) is 0 Å². The van der Waals surface area contributed by atoms with E-state index < -0.39 is 5.97 Å². The standard InChI is InChI=1S/C14H10BrIN2O2/c15-20-14(19)11-12(16)18-8-5-7(6-8)9-3-1-2-4-10(9)13(18)17-11/h1-4,7-8H,5-6H2. The number of imidazole rings is 1. The first-order valence-corrected chi connectivity index (χ1v) is 8.13. The minimum Gasteiger partial charge on any atom is -0.379 e. The largest absolute Gasteiger partial charge is 0.379 e. The highest BCUT2D eigenvalue weighted by molar-refractivity contribution is 14.1. The van der Waals surface area contributed by atoms with E-state index in [1.165, 1.54) is 5.56 Å². The second-order valence-electron chi connectivity index (χ2n) is 5.22. The summed E-state index contributed by atoms with van der Waals surface area (Å²) in [6.45, 7) is 0. The Hall–Kier alpha value is -0.890. The van der Waals surface area contributed by atoms with Gasteiger partial charge in [0.25, 0.3) is 0 Å². The fourth-order valence-electron chi connectivity index (χ4n) is 3.21. The van der Waals surface area contributed by atoms with E-state index >= 15 is 0 Å². The molecule has 0 saturated heterocycles. The Morgan fingerprint density at radius 1 is 1.40 bits per heavy atom. The van der Waals surface area contributed by atoms with Crippen molar-refractivity contribution < 1.29 is 8.62 Å². The molecule has 0 N–H and O–H groups in total. The average molecular weight is 445 g/mol. The van der Waals surface area contributed by atoms with E-state index in [-0.39, 0.29) is 0 Å². The smallest absolute Gasteiger partial charge is 0.371 e. The van der Waals surface area contributed by atoms with E-state index in [4.69, 9.17) is 0 Å². The summed E-state index contributed by atoms with van der Waals surface area (Å²) in [6.07, 6.45) is 2.25. The summed E-state index contributed by atoms with van der Waals surface area (Å²) in [6, 6.07) is 8.81. The topological polar surface area (TPSA) is 44.1 Å². The normalized spacial score (nSPS) is 22.3. The third-order valence-corrected chi connectivity index (χ3v) is 5.56. The van der Waals surface area contributed by atoms with E-state index in [0.29, 0.717) is 17.7 Å². The van der Waals surface area contributed by atoms with Gasteiger partial charge in [0.2, 0.25) is 0 Å². The lowest BCUT2D eigenvalue weighted by Gasteiger charge is -2.34. The van der Waals surface area contributed by atoms with Gasteiger partial charge in [-0.25, -0.2) is 9.78 Å². The molecular formula is C14H10BrIN2O2. The Morgan fingerprint density at radius 2 is 2.15 bits per heavy atom. The van der Waals surface area contributed by atoms with Gasteiger partial charge in [0.1, 0.15) is 9.53 Å². The highest BCUT2D eigenvalue weighted by Gasteiger charge is 2.40. The molecule has 0 spiro atoms. The highest BCUT2D eigenvalue weighted by atomic mass is 127. The van der Waals surface area contributed by atoms with Gasteiger partial charge in [-0.2, -0.15) is 0 Å². The molecule has 20 heavy (non-hydrogen) atoms. The molecule has 2 bridgehead atoms. The minimum absolute atomic E-state index is 0.387. The van der Waals surface area contributed by atoms with Gasteiger partial charge in [-0.05, 0) is 46.9 Å². The molecule has 102 valence electrons. The number of rotatable bonds is 1. The number of benzene rings is 1. The van der Waals surface area contributed by atoms with Crippen LogP contribution in [0.25, 0.3) is 11.4 Å². The molecule has 2 aliphatic heterocycles. The molecule has 3 aliphatic rings. The molecule has 0 radical (unpaired) electrons. The van der Waals surface area contributed by atoms with Crippen LogP contribution in [0.5, 0.6) is 0 Å². The third kappa shape index (κ3) is 1.64. The summed E-state index contributed by atoms with van der Waals surface area (Å²) in [4.78, 5) is 16.4. The van der Waals surface area contributed by atoms with E-state index in [1.807, 2.05) is 6.07 Å². The molecule has 3 heterocycles. The van der Waals surface area contributed by atoms with Gasteiger partial charge in [0, 0.05) is 11.6 Å². The number of aromatic nitrogens is 2. The monoisotopic (exact) mass is 444 g/mol. The second kappa shape index (κ2) is 4.56. The van der Waals surface area contributed by atoms with E-state index in [9.17, 15) is 4.79 Å². The lowest BCUT2D eigenvalue weighted by atomic mass is 9.76. The first-order valence-electron chi connectivity index (χ1n) is 6.40. The van der Waals surface area contributed by atoms with Crippen LogP contribution in [0.4, 0.5) is 0 Å². The van der Waals surface area contributed by atoms with Gasteiger partial charge in [0.15, 0.2) is 22.0 Å². The van der Waals surface area contributed by atoms with Gasteiger partial charge in [0.05, 0.1) is 0 Å². The van der Waals surface area contributed by atoms with Crippen LogP contribution in [0.1, 0.15) is 40.9 Å². The van der Waals surface area contributed by atoms with Crippen LogP contribution in [0, 0.1) is 3.70 Å². The number of hydrogen-bond donors (Lipinski definition) is 0. The summed E-state index contributed by atoms with van der Waals surface area (Å²) in [5, 5.41) is 0. The summed E-state index contributed by atoms with van der Waals surface area (Å²) < 4.78 is 7.71. The minimum atomic E-state index is -0.441. The van der Waals surface area contributed by atoms with Crippen molar-refractivity contribution in [2.75, 3.05) is 0 Å². The second-order valence-corrected chi connectivity index (χ2v) is 6.56. The molecule has 4 nitrogen and oxygen atoms in total. The van der Waals surface area contributed by atoms with Crippen LogP contribution in [0.3, 0.4) is 0 Å². The van der Waals surface area contributed by atoms with Crippen LogP contribution < -0.4 is 0 Å². The molecule has 1 aromatic carbocycles. The van der Waals surface area contributed by atoms with Gasteiger partial charge >= 0.3 is 5.97 Å². The van der Waals surface area contributed by atoms with Crippen LogP contribution in [-0.4, -0.2) is 15.5 Å². The molecule has 1 aliphatic carbocycles. The summed E-state index contributed by atoms with van der Waals surface area (Å²) in [5.41, 5.74) is 2.88. The van der Waals surface area contributed by atoms with Crippen molar-refractivity contribution in [3.8, 4) is 11.4 Å². The molecule has 0 unspecified atom stereocenters. The zero-order valence-corrected chi connectivity index (χ0v) is 14.1. The van der Waals surface area contributed by atoms with Crippen LogP contribution in [-0.2, 0) is 3.83 Å². The molecule has 6 heteroatoms.